The van der Waals surface area contributed by atoms with Gasteiger partial charge in [0, 0.05) is 11.9 Å². The smallest absolute Gasteiger partial charge is 0.406 e. The number of halogens is 4. The number of para-hydroxylation sites is 1. The van der Waals surface area contributed by atoms with Crippen LogP contribution in [0.25, 0.3) is 0 Å². The van der Waals surface area contributed by atoms with Crippen LogP contribution in [0.4, 0.5) is 13.2 Å². The molecule has 0 atom stereocenters. The van der Waals surface area contributed by atoms with Gasteiger partial charge in [-0.2, -0.15) is 13.2 Å². The van der Waals surface area contributed by atoms with Gasteiger partial charge in [-0.05, 0) is 19.1 Å². The van der Waals surface area contributed by atoms with E-state index in [1.807, 2.05) is 0 Å². The highest BCUT2D eigenvalue weighted by molar-refractivity contribution is 9.09. The molecular formula is C13H15BrF3NO2. The molecule has 1 rings (SSSR count). The number of nitrogens with zero attached hydrogens (tertiary/aromatic N) is 1. The van der Waals surface area contributed by atoms with Gasteiger partial charge in [-0.25, -0.2) is 0 Å². The summed E-state index contributed by atoms with van der Waals surface area (Å²) < 4.78 is 42.8. The van der Waals surface area contributed by atoms with Crippen molar-refractivity contribution in [2.75, 3.05) is 25.0 Å². The molecule has 0 saturated heterocycles. The molecular weight excluding hydrogens is 339 g/mol. The highest BCUT2D eigenvalue weighted by Crippen LogP contribution is 2.23. The van der Waals surface area contributed by atoms with Crippen molar-refractivity contribution in [3.8, 4) is 5.75 Å². The van der Waals surface area contributed by atoms with Crippen LogP contribution in [0.2, 0.25) is 0 Å². The van der Waals surface area contributed by atoms with Crippen LogP contribution in [0.3, 0.4) is 0 Å². The van der Waals surface area contributed by atoms with Gasteiger partial charge in [0.15, 0.2) is 0 Å². The average Bonchev–Trinajstić information content (AvgIpc) is 2.37. The lowest BCUT2D eigenvalue weighted by Crippen LogP contribution is -2.40. The minimum atomic E-state index is -4.43. The number of rotatable bonds is 6. The molecule has 0 N–H and O–H groups in total. The normalized spacial score (nSPS) is 11.2. The molecule has 0 aliphatic heterocycles. The summed E-state index contributed by atoms with van der Waals surface area (Å²) in [6.07, 6.45) is -4.43. The van der Waals surface area contributed by atoms with Gasteiger partial charge in [-0.15, -0.1) is 0 Å². The first-order chi connectivity index (χ1) is 9.39. The molecule has 0 aliphatic carbocycles. The molecule has 20 heavy (non-hydrogen) atoms. The molecule has 1 amide bonds. The van der Waals surface area contributed by atoms with Crippen LogP contribution in [0.15, 0.2) is 24.3 Å². The van der Waals surface area contributed by atoms with Crippen molar-refractivity contribution in [3.05, 3.63) is 29.8 Å². The van der Waals surface area contributed by atoms with E-state index in [4.69, 9.17) is 4.74 Å². The summed E-state index contributed by atoms with van der Waals surface area (Å²) in [6.45, 7) is 0.770. The van der Waals surface area contributed by atoms with Crippen molar-refractivity contribution in [3.63, 3.8) is 0 Å². The van der Waals surface area contributed by atoms with Crippen molar-refractivity contribution < 1.29 is 22.7 Å². The Morgan fingerprint density at radius 1 is 1.35 bits per heavy atom. The molecule has 0 saturated carbocycles. The molecule has 0 bridgehead atoms. The Morgan fingerprint density at radius 2 is 2.00 bits per heavy atom. The molecule has 1 aromatic rings. The fourth-order valence-corrected chi connectivity index (χ4v) is 2.09. The van der Waals surface area contributed by atoms with Gasteiger partial charge < -0.3 is 9.64 Å². The van der Waals surface area contributed by atoms with E-state index < -0.39 is 18.6 Å². The fourth-order valence-electron chi connectivity index (χ4n) is 1.67. The second-order valence-corrected chi connectivity index (χ2v) is 4.75. The SMILES string of the molecule is CCOc1ccccc1C(=O)N(CCBr)CC(F)(F)F. The fraction of sp³-hybridized carbons (Fsp3) is 0.462. The quantitative estimate of drug-likeness (QED) is 0.732. The zero-order valence-electron chi connectivity index (χ0n) is 10.9. The molecule has 112 valence electrons. The summed E-state index contributed by atoms with van der Waals surface area (Å²) in [5, 5.41) is 0.269. The summed E-state index contributed by atoms with van der Waals surface area (Å²) in [7, 11) is 0. The first kappa shape index (κ1) is 16.8. The molecule has 0 spiro atoms. The predicted molar refractivity (Wildman–Crippen MR) is 73.4 cm³/mol. The average molecular weight is 354 g/mol. The number of amides is 1. The Bertz CT molecular complexity index is 451. The lowest BCUT2D eigenvalue weighted by Gasteiger charge is -2.24. The summed E-state index contributed by atoms with van der Waals surface area (Å²) >= 11 is 3.06. The van der Waals surface area contributed by atoms with Crippen LogP contribution in [0.5, 0.6) is 5.75 Å². The minimum absolute atomic E-state index is 0.0290. The molecule has 0 fully saturated rings. The van der Waals surface area contributed by atoms with Crippen molar-refractivity contribution in [1.82, 2.24) is 4.90 Å². The second kappa shape index (κ2) is 7.52. The van der Waals surface area contributed by atoms with E-state index in [1.165, 1.54) is 6.07 Å². The van der Waals surface area contributed by atoms with Gasteiger partial charge in [0.1, 0.15) is 12.3 Å². The maximum atomic E-state index is 12.5. The lowest BCUT2D eigenvalue weighted by atomic mass is 10.1. The first-order valence-corrected chi connectivity index (χ1v) is 7.15. The Hall–Kier alpha value is -1.24. The maximum Gasteiger partial charge on any atom is 0.406 e. The molecule has 0 heterocycles. The van der Waals surface area contributed by atoms with Crippen LogP contribution < -0.4 is 4.74 Å². The van der Waals surface area contributed by atoms with Crippen molar-refractivity contribution in [1.29, 1.82) is 0 Å². The standard InChI is InChI=1S/C13H15BrF3NO2/c1-2-20-11-6-4-3-5-10(11)12(19)18(8-7-14)9-13(15,16)17/h3-6H,2,7-9H2,1H3. The molecule has 1 aromatic carbocycles. The van der Waals surface area contributed by atoms with Gasteiger partial charge in [0.05, 0.1) is 12.2 Å². The molecule has 0 unspecified atom stereocenters. The molecule has 7 heteroatoms. The van der Waals surface area contributed by atoms with Crippen molar-refractivity contribution >= 4 is 21.8 Å². The van der Waals surface area contributed by atoms with Crippen LogP contribution in [-0.4, -0.2) is 42.0 Å². The number of ether oxygens (including phenoxy) is 1. The highest BCUT2D eigenvalue weighted by atomic mass is 79.9. The van der Waals surface area contributed by atoms with E-state index in [0.717, 1.165) is 4.90 Å². The summed E-state index contributed by atoms with van der Waals surface area (Å²) in [5.41, 5.74) is 0.138. The third-order valence-corrected chi connectivity index (χ3v) is 2.78. The topological polar surface area (TPSA) is 29.5 Å². The predicted octanol–water partition coefficient (Wildman–Crippen LogP) is 3.48. The van der Waals surface area contributed by atoms with Gasteiger partial charge in [0.25, 0.3) is 5.91 Å². The Morgan fingerprint density at radius 3 is 2.55 bits per heavy atom. The van der Waals surface area contributed by atoms with Crippen LogP contribution in [-0.2, 0) is 0 Å². The van der Waals surface area contributed by atoms with Crippen LogP contribution in [0, 0.1) is 0 Å². The maximum absolute atomic E-state index is 12.5. The number of alkyl halides is 4. The number of carbonyl (C=O) groups is 1. The van der Waals surface area contributed by atoms with E-state index in [1.54, 1.807) is 25.1 Å². The summed E-state index contributed by atoms with van der Waals surface area (Å²) in [6, 6.07) is 6.29. The number of hydrogen-bond acceptors (Lipinski definition) is 2. The number of benzene rings is 1. The molecule has 0 aromatic heterocycles. The molecule has 3 nitrogen and oxygen atoms in total. The van der Waals surface area contributed by atoms with Crippen molar-refractivity contribution in [2.24, 2.45) is 0 Å². The van der Waals surface area contributed by atoms with E-state index in [-0.39, 0.29) is 17.4 Å². The third-order valence-electron chi connectivity index (χ3n) is 2.43. The molecule has 0 aliphatic rings. The third kappa shape index (κ3) is 5.03. The van der Waals surface area contributed by atoms with E-state index in [2.05, 4.69) is 15.9 Å². The molecule has 0 radical (unpaired) electrons. The zero-order valence-corrected chi connectivity index (χ0v) is 12.5. The largest absolute Gasteiger partial charge is 0.493 e. The van der Waals surface area contributed by atoms with Gasteiger partial charge in [-0.1, -0.05) is 28.1 Å². The lowest BCUT2D eigenvalue weighted by molar-refractivity contribution is -0.140. The summed E-state index contributed by atoms with van der Waals surface area (Å²) in [4.78, 5) is 13.0. The monoisotopic (exact) mass is 353 g/mol. The summed E-state index contributed by atoms with van der Waals surface area (Å²) in [5.74, 6) is -0.396. The number of hydrogen-bond donors (Lipinski definition) is 0. The Labute approximate surface area is 123 Å². The zero-order chi connectivity index (χ0) is 15.2. The van der Waals surface area contributed by atoms with Crippen molar-refractivity contribution in [2.45, 2.75) is 13.1 Å². The second-order valence-electron chi connectivity index (χ2n) is 3.96. The van der Waals surface area contributed by atoms with Gasteiger partial charge in [0.2, 0.25) is 0 Å². The first-order valence-electron chi connectivity index (χ1n) is 6.03. The highest BCUT2D eigenvalue weighted by Gasteiger charge is 2.33. The number of carbonyl (C=O) groups excluding carboxylic acids is 1. The van der Waals surface area contributed by atoms with Gasteiger partial charge >= 0.3 is 6.18 Å². The van der Waals surface area contributed by atoms with E-state index in [9.17, 15) is 18.0 Å². The van der Waals surface area contributed by atoms with E-state index >= 15 is 0 Å². The van der Waals surface area contributed by atoms with Crippen LogP contribution in [0.1, 0.15) is 17.3 Å². The minimum Gasteiger partial charge on any atom is -0.493 e. The van der Waals surface area contributed by atoms with E-state index in [0.29, 0.717) is 12.4 Å². The van der Waals surface area contributed by atoms with Gasteiger partial charge in [-0.3, -0.25) is 4.79 Å². The van der Waals surface area contributed by atoms with Crippen LogP contribution >= 0.6 is 15.9 Å². The Balaban J connectivity index is 3.00. The Kier molecular flexibility index (Phi) is 6.32.